The van der Waals surface area contributed by atoms with Gasteiger partial charge >= 0.3 is 0 Å². The Balaban J connectivity index is 0.00000264. The van der Waals surface area contributed by atoms with Gasteiger partial charge in [-0.25, -0.2) is 4.99 Å². The standard InChI is InChI=1S/C17H26BrN3O.HI/c1-4-19-17(21(3)11-14-7-8-22-12-14)20-10-15-5-6-16(18)9-13(15)2;/h5-6,9,14H,4,7-8,10-12H2,1-3H3,(H,19,20);1H. The maximum Gasteiger partial charge on any atom is 0.193 e. The summed E-state index contributed by atoms with van der Waals surface area (Å²) < 4.78 is 6.58. The predicted octanol–water partition coefficient (Wildman–Crippen LogP) is 3.81. The molecular formula is C17H27BrIN3O. The average Bonchev–Trinajstić information content (AvgIpc) is 2.97. The van der Waals surface area contributed by atoms with Crippen molar-refractivity contribution in [3.8, 4) is 0 Å². The smallest absolute Gasteiger partial charge is 0.193 e. The zero-order chi connectivity index (χ0) is 15.9. The van der Waals surface area contributed by atoms with Gasteiger partial charge in [0.2, 0.25) is 0 Å². The molecular weight excluding hydrogens is 469 g/mol. The van der Waals surface area contributed by atoms with Gasteiger partial charge in [-0.3, -0.25) is 0 Å². The van der Waals surface area contributed by atoms with Gasteiger partial charge in [0, 0.05) is 37.1 Å². The number of ether oxygens (including phenoxy) is 1. The molecule has 0 amide bonds. The molecule has 6 heteroatoms. The zero-order valence-electron chi connectivity index (χ0n) is 14.1. The lowest BCUT2D eigenvalue weighted by Gasteiger charge is -2.24. The normalized spacial score (nSPS) is 17.7. The third-order valence-corrected chi connectivity index (χ3v) is 4.45. The molecule has 1 unspecified atom stereocenters. The van der Waals surface area contributed by atoms with Crippen molar-refractivity contribution in [2.75, 3.05) is 33.4 Å². The highest BCUT2D eigenvalue weighted by molar-refractivity contribution is 14.0. The van der Waals surface area contributed by atoms with E-state index in [2.05, 4.69) is 65.2 Å². The van der Waals surface area contributed by atoms with Gasteiger partial charge in [0.15, 0.2) is 5.96 Å². The minimum Gasteiger partial charge on any atom is -0.381 e. The van der Waals surface area contributed by atoms with Crippen molar-refractivity contribution in [2.24, 2.45) is 10.9 Å². The second-order valence-corrected chi connectivity index (χ2v) is 6.77. The summed E-state index contributed by atoms with van der Waals surface area (Å²) in [4.78, 5) is 7.01. The Morgan fingerprint density at radius 2 is 2.26 bits per heavy atom. The Labute approximate surface area is 165 Å². The molecule has 1 aromatic rings. The summed E-state index contributed by atoms with van der Waals surface area (Å²) in [5, 5.41) is 3.38. The van der Waals surface area contributed by atoms with Gasteiger partial charge in [-0.05, 0) is 43.5 Å². The molecule has 130 valence electrons. The number of guanidine groups is 1. The maximum atomic E-state index is 5.46. The van der Waals surface area contributed by atoms with E-state index in [1.807, 2.05) is 0 Å². The molecule has 4 nitrogen and oxygen atoms in total. The fraction of sp³-hybridized carbons (Fsp3) is 0.588. The van der Waals surface area contributed by atoms with E-state index >= 15 is 0 Å². The van der Waals surface area contributed by atoms with E-state index in [4.69, 9.17) is 9.73 Å². The van der Waals surface area contributed by atoms with E-state index in [-0.39, 0.29) is 24.0 Å². The molecule has 1 aliphatic heterocycles. The van der Waals surface area contributed by atoms with Crippen LogP contribution in [0.3, 0.4) is 0 Å². The minimum absolute atomic E-state index is 0. The van der Waals surface area contributed by atoms with Crippen LogP contribution in [0.5, 0.6) is 0 Å². The number of nitrogens with one attached hydrogen (secondary N) is 1. The fourth-order valence-electron chi connectivity index (χ4n) is 2.67. The summed E-state index contributed by atoms with van der Waals surface area (Å²) in [6.07, 6.45) is 1.15. The number of nitrogens with zero attached hydrogens (tertiary/aromatic N) is 2. The number of aryl methyl sites for hydroxylation is 1. The van der Waals surface area contributed by atoms with Crippen LogP contribution in [0.1, 0.15) is 24.5 Å². The van der Waals surface area contributed by atoms with Gasteiger partial charge < -0.3 is 15.0 Å². The molecule has 1 aliphatic rings. The molecule has 2 rings (SSSR count). The highest BCUT2D eigenvalue weighted by Crippen LogP contribution is 2.17. The summed E-state index contributed by atoms with van der Waals surface area (Å²) in [5.74, 6) is 1.58. The van der Waals surface area contributed by atoms with Crippen molar-refractivity contribution in [3.05, 3.63) is 33.8 Å². The maximum absolute atomic E-state index is 5.46. The van der Waals surface area contributed by atoms with Crippen LogP contribution < -0.4 is 5.32 Å². The Morgan fingerprint density at radius 1 is 1.48 bits per heavy atom. The van der Waals surface area contributed by atoms with Crippen molar-refractivity contribution in [3.63, 3.8) is 0 Å². The fourth-order valence-corrected chi connectivity index (χ4v) is 3.14. The molecule has 0 aliphatic carbocycles. The SMILES string of the molecule is CCNC(=NCc1ccc(Br)cc1C)N(C)CC1CCOC1.I. The van der Waals surface area contributed by atoms with Crippen molar-refractivity contribution in [1.29, 1.82) is 0 Å². The molecule has 0 aromatic heterocycles. The summed E-state index contributed by atoms with van der Waals surface area (Å²) >= 11 is 3.51. The number of aliphatic imine (C=N–C) groups is 1. The van der Waals surface area contributed by atoms with E-state index in [0.29, 0.717) is 12.5 Å². The van der Waals surface area contributed by atoms with Crippen molar-refractivity contribution < 1.29 is 4.74 Å². The van der Waals surface area contributed by atoms with Crippen LogP contribution in [-0.4, -0.2) is 44.2 Å². The second kappa shape index (κ2) is 10.5. The quantitative estimate of drug-likeness (QED) is 0.383. The third-order valence-electron chi connectivity index (χ3n) is 3.96. The Morgan fingerprint density at radius 3 is 2.87 bits per heavy atom. The molecule has 0 radical (unpaired) electrons. The number of hydrogen-bond acceptors (Lipinski definition) is 2. The molecule has 1 fully saturated rings. The van der Waals surface area contributed by atoms with Gasteiger partial charge in [0.05, 0.1) is 13.2 Å². The molecule has 0 bridgehead atoms. The summed E-state index contributed by atoms with van der Waals surface area (Å²) in [6.45, 7) is 8.57. The lowest BCUT2D eigenvalue weighted by atomic mass is 10.1. The van der Waals surface area contributed by atoms with Gasteiger partial charge in [-0.2, -0.15) is 0 Å². The largest absolute Gasteiger partial charge is 0.381 e. The first-order valence-electron chi connectivity index (χ1n) is 7.92. The van der Waals surface area contributed by atoms with Crippen LogP contribution in [0, 0.1) is 12.8 Å². The number of halogens is 2. The van der Waals surface area contributed by atoms with Crippen LogP contribution in [0.15, 0.2) is 27.7 Å². The second-order valence-electron chi connectivity index (χ2n) is 5.85. The van der Waals surface area contributed by atoms with Crippen LogP contribution in [0.2, 0.25) is 0 Å². The minimum atomic E-state index is 0. The highest BCUT2D eigenvalue weighted by Gasteiger charge is 2.19. The van der Waals surface area contributed by atoms with E-state index in [0.717, 1.165) is 43.2 Å². The Bertz CT molecular complexity index is 519. The van der Waals surface area contributed by atoms with Crippen molar-refractivity contribution in [1.82, 2.24) is 10.2 Å². The zero-order valence-corrected chi connectivity index (χ0v) is 18.1. The van der Waals surface area contributed by atoms with E-state index in [9.17, 15) is 0 Å². The van der Waals surface area contributed by atoms with Crippen molar-refractivity contribution >= 4 is 45.9 Å². The summed E-state index contributed by atoms with van der Waals surface area (Å²) in [6, 6.07) is 6.35. The van der Waals surface area contributed by atoms with E-state index < -0.39 is 0 Å². The third kappa shape index (κ3) is 6.58. The summed E-state index contributed by atoms with van der Waals surface area (Å²) in [5.41, 5.74) is 2.53. The molecule has 0 saturated carbocycles. The van der Waals surface area contributed by atoms with E-state index in [1.165, 1.54) is 11.1 Å². The molecule has 0 spiro atoms. The number of benzene rings is 1. The van der Waals surface area contributed by atoms with Crippen LogP contribution in [0.4, 0.5) is 0 Å². The molecule has 1 saturated heterocycles. The highest BCUT2D eigenvalue weighted by atomic mass is 127. The monoisotopic (exact) mass is 495 g/mol. The molecule has 1 N–H and O–H groups in total. The van der Waals surface area contributed by atoms with Crippen molar-refractivity contribution in [2.45, 2.75) is 26.8 Å². The van der Waals surface area contributed by atoms with Gasteiger partial charge in [0.1, 0.15) is 0 Å². The van der Waals surface area contributed by atoms with Crippen LogP contribution in [0.25, 0.3) is 0 Å². The molecule has 1 aromatic carbocycles. The van der Waals surface area contributed by atoms with Crippen LogP contribution in [-0.2, 0) is 11.3 Å². The predicted molar refractivity (Wildman–Crippen MR) is 111 cm³/mol. The van der Waals surface area contributed by atoms with Gasteiger partial charge in [0.25, 0.3) is 0 Å². The van der Waals surface area contributed by atoms with Crippen LogP contribution >= 0.6 is 39.9 Å². The first-order valence-corrected chi connectivity index (χ1v) is 8.71. The molecule has 1 atom stereocenters. The first kappa shape index (κ1) is 20.7. The molecule has 1 heterocycles. The Hall–Kier alpha value is -0.340. The van der Waals surface area contributed by atoms with Gasteiger partial charge in [-0.15, -0.1) is 24.0 Å². The Kier molecular flexibility index (Phi) is 9.46. The molecule has 23 heavy (non-hydrogen) atoms. The van der Waals surface area contributed by atoms with E-state index in [1.54, 1.807) is 0 Å². The lowest BCUT2D eigenvalue weighted by Crippen LogP contribution is -2.41. The first-order chi connectivity index (χ1) is 10.6. The topological polar surface area (TPSA) is 36.9 Å². The lowest BCUT2D eigenvalue weighted by molar-refractivity contribution is 0.181. The summed E-state index contributed by atoms with van der Waals surface area (Å²) in [7, 11) is 2.11. The van der Waals surface area contributed by atoms with Gasteiger partial charge in [-0.1, -0.05) is 22.0 Å². The number of hydrogen-bond donors (Lipinski definition) is 1. The average molecular weight is 496 g/mol. The number of rotatable bonds is 5.